The molecule has 0 radical (unpaired) electrons. The van der Waals surface area contributed by atoms with Gasteiger partial charge < -0.3 is 21.1 Å². The zero-order chi connectivity index (χ0) is 25.4. The van der Waals surface area contributed by atoms with Crippen molar-refractivity contribution in [2.24, 2.45) is 0 Å². The van der Waals surface area contributed by atoms with Crippen LogP contribution in [0.2, 0.25) is 5.02 Å². The van der Waals surface area contributed by atoms with Crippen LogP contribution in [0.25, 0.3) is 0 Å². The number of anilines is 2. The van der Waals surface area contributed by atoms with E-state index in [-0.39, 0.29) is 28.3 Å². The van der Waals surface area contributed by atoms with E-state index in [1.807, 2.05) is 6.07 Å². The first kappa shape index (κ1) is 25.0. The Morgan fingerprint density at radius 3 is 2.23 bits per heavy atom. The Labute approximate surface area is 205 Å². The number of carbonyl (C=O) groups excluding carboxylic acids is 3. The summed E-state index contributed by atoms with van der Waals surface area (Å²) in [5, 5.41) is 25.8. The number of benzene rings is 3. The van der Waals surface area contributed by atoms with Gasteiger partial charge in [0.25, 0.3) is 0 Å². The summed E-state index contributed by atoms with van der Waals surface area (Å²) in [5.74, 6) is -3.90. The molecule has 0 fully saturated rings. The highest BCUT2D eigenvalue weighted by atomic mass is 35.5. The zero-order valence-electron chi connectivity index (χ0n) is 18.1. The van der Waals surface area contributed by atoms with Gasteiger partial charge in [0.05, 0.1) is 16.8 Å². The van der Waals surface area contributed by atoms with Crippen LogP contribution in [0.3, 0.4) is 0 Å². The molecule has 4 N–H and O–H groups in total. The summed E-state index contributed by atoms with van der Waals surface area (Å²) >= 11 is 5.91. The van der Waals surface area contributed by atoms with Crippen molar-refractivity contribution >= 4 is 46.7 Å². The summed E-state index contributed by atoms with van der Waals surface area (Å²) in [6.07, 6.45) is 0.0829. The van der Waals surface area contributed by atoms with Crippen molar-refractivity contribution in [2.45, 2.75) is 12.5 Å². The summed E-state index contributed by atoms with van der Waals surface area (Å²) < 4.78 is 0. The number of hydrogen-bond acceptors (Lipinski definition) is 5. The number of nitriles is 1. The molecular formula is C25H19ClN4O5. The number of nitrogens with zero attached hydrogens (tertiary/aromatic N) is 1. The minimum Gasteiger partial charge on any atom is -0.478 e. The molecule has 3 rings (SSSR count). The lowest BCUT2D eigenvalue weighted by atomic mass is 10.0. The molecule has 3 aromatic carbocycles. The van der Waals surface area contributed by atoms with Crippen LogP contribution >= 0.6 is 11.6 Å². The number of rotatable bonds is 7. The fourth-order valence-electron chi connectivity index (χ4n) is 3.10. The predicted octanol–water partition coefficient (Wildman–Crippen LogP) is 3.21. The highest BCUT2D eigenvalue weighted by molar-refractivity contribution is 6.40. The summed E-state index contributed by atoms with van der Waals surface area (Å²) in [6.45, 7) is 0. The van der Waals surface area contributed by atoms with E-state index in [2.05, 4.69) is 16.0 Å². The smallest absolute Gasteiger partial charge is 0.335 e. The standard InChI is InChI=1S/C25H19ClN4O5/c26-18-9-6-17(14-27)20(13-18)29-23(32)24(33)30-21(12-15-4-2-1-3-5-15)22(31)28-19-10-7-16(8-11-19)25(34)35/h1-11,13,21H,12H2,(H,28,31)(H,29,32)(H,30,33)(H,34,35)/t21-/m0/s1. The molecule has 176 valence electrons. The van der Waals surface area contributed by atoms with E-state index in [0.717, 1.165) is 5.56 Å². The molecule has 3 amide bonds. The van der Waals surface area contributed by atoms with E-state index in [1.165, 1.54) is 42.5 Å². The molecule has 9 nitrogen and oxygen atoms in total. The number of aromatic carboxylic acids is 1. The van der Waals surface area contributed by atoms with Gasteiger partial charge >= 0.3 is 17.8 Å². The van der Waals surface area contributed by atoms with E-state index < -0.39 is 29.7 Å². The molecule has 10 heteroatoms. The van der Waals surface area contributed by atoms with Crippen molar-refractivity contribution in [3.05, 3.63) is 94.5 Å². The average Bonchev–Trinajstić information content (AvgIpc) is 2.84. The van der Waals surface area contributed by atoms with Crippen LogP contribution in [0.4, 0.5) is 11.4 Å². The summed E-state index contributed by atoms with van der Waals surface area (Å²) in [4.78, 5) is 49.1. The summed E-state index contributed by atoms with van der Waals surface area (Å²) in [6, 6.07) is 19.3. The predicted molar refractivity (Wildman–Crippen MR) is 129 cm³/mol. The number of carbonyl (C=O) groups is 4. The third-order valence-electron chi connectivity index (χ3n) is 4.86. The van der Waals surface area contributed by atoms with Crippen molar-refractivity contribution < 1.29 is 24.3 Å². The third kappa shape index (κ3) is 6.90. The van der Waals surface area contributed by atoms with Crippen LogP contribution in [-0.2, 0) is 20.8 Å². The third-order valence-corrected chi connectivity index (χ3v) is 5.10. The molecule has 0 saturated heterocycles. The first-order valence-corrected chi connectivity index (χ1v) is 10.6. The van der Waals surface area contributed by atoms with Gasteiger partial charge in [-0.15, -0.1) is 0 Å². The highest BCUT2D eigenvalue weighted by Gasteiger charge is 2.25. The number of halogens is 1. The number of carboxylic acid groups (broad SMARTS) is 1. The van der Waals surface area contributed by atoms with Gasteiger partial charge in [0, 0.05) is 17.1 Å². The number of nitrogens with one attached hydrogen (secondary N) is 3. The maximum Gasteiger partial charge on any atom is 0.335 e. The zero-order valence-corrected chi connectivity index (χ0v) is 18.9. The molecule has 0 aliphatic rings. The molecule has 0 unspecified atom stereocenters. The van der Waals surface area contributed by atoms with Crippen molar-refractivity contribution in [2.75, 3.05) is 10.6 Å². The highest BCUT2D eigenvalue weighted by Crippen LogP contribution is 2.20. The van der Waals surface area contributed by atoms with E-state index in [9.17, 15) is 24.4 Å². The Morgan fingerprint density at radius 2 is 1.60 bits per heavy atom. The molecule has 0 aliphatic heterocycles. The number of carboxylic acids is 1. The van der Waals surface area contributed by atoms with Crippen LogP contribution < -0.4 is 16.0 Å². The molecule has 0 heterocycles. The molecule has 0 spiro atoms. The van der Waals surface area contributed by atoms with Gasteiger partial charge in [0.2, 0.25) is 5.91 Å². The lowest BCUT2D eigenvalue weighted by Crippen LogP contribution is -2.49. The second kappa shape index (κ2) is 11.4. The quantitative estimate of drug-likeness (QED) is 0.374. The molecule has 0 aromatic heterocycles. The lowest BCUT2D eigenvalue weighted by Gasteiger charge is -2.19. The van der Waals surface area contributed by atoms with Gasteiger partial charge in [-0.3, -0.25) is 14.4 Å². The van der Waals surface area contributed by atoms with Crippen molar-refractivity contribution in [1.29, 1.82) is 5.26 Å². The van der Waals surface area contributed by atoms with Crippen LogP contribution in [0.15, 0.2) is 72.8 Å². The van der Waals surface area contributed by atoms with Gasteiger partial charge in [-0.2, -0.15) is 5.26 Å². The maximum absolute atomic E-state index is 13.0. The van der Waals surface area contributed by atoms with E-state index in [0.29, 0.717) is 5.69 Å². The molecule has 0 aliphatic carbocycles. The Bertz CT molecular complexity index is 1300. The van der Waals surface area contributed by atoms with Crippen LogP contribution in [0.5, 0.6) is 0 Å². The molecule has 35 heavy (non-hydrogen) atoms. The molecular weight excluding hydrogens is 472 g/mol. The summed E-state index contributed by atoms with van der Waals surface area (Å²) in [5.41, 5.74) is 1.26. The molecule has 1 atom stereocenters. The lowest BCUT2D eigenvalue weighted by molar-refractivity contribution is -0.137. The van der Waals surface area contributed by atoms with Crippen molar-refractivity contribution in [3.63, 3.8) is 0 Å². The van der Waals surface area contributed by atoms with Crippen molar-refractivity contribution in [3.8, 4) is 6.07 Å². The van der Waals surface area contributed by atoms with E-state index in [1.54, 1.807) is 30.3 Å². The van der Waals surface area contributed by atoms with Crippen LogP contribution in [0, 0.1) is 11.3 Å². The average molecular weight is 491 g/mol. The Morgan fingerprint density at radius 1 is 0.914 bits per heavy atom. The van der Waals surface area contributed by atoms with Crippen molar-refractivity contribution in [1.82, 2.24) is 5.32 Å². The fourth-order valence-corrected chi connectivity index (χ4v) is 3.28. The molecule has 0 saturated carbocycles. The number of hydrogen-bond donors (Lipinski definition) is 4. The second-order valence-corrected chi connectivity index (χ2v) is 7.78. The van der Waals surface area contributed by atoms with E-state index in [4.69, 9.17) is 16.7 Å². The summed E-state index contributed by atoms with van der Waals surface area (Å²) in [7, 11) is 0. The minimum absolute atomic E-state index is 0.0477. The Kier molecular flexibility index (Phi) is 8.16. The first-order valence-electron chi connectivity index (χ1n) is 10.3. The number of amides is 3. The SMILES string of the molecule is N#Cc1ccc(Cl)cc1NC(=O)C(=O)N[C@@H](Cc1ccccc1)C(=O)Nc1ccc(C(=O)O)cc1. The minimum atomic E-state index is -1.13. The van der Waals surface area contributed by atoms with Gasteiger partial charge in [0.15, 0.2) is 0 Å². The normalized spacial score (nSPS) is 11.0. The van der Waals surface area contributed by atoms with Crippen LogP contribution in [-0.4, -0.2) is 34.8 Å². The van der Waals surface area contributed by atoms with Crippen LogP contribution in [0.1, 0.15) is 21.5 Å². The fraction of sp³-hybridized carbons (Fsp3) is 0.0800. The second-order valence-electron chi connectivity index (χ2n) is 7.34. The Hall–Kier alpha value is -4.68. The van der Waals surface area contributed by atoms with E-state index >= 15 is 0 Å². The monoisotopic (exact) mass is 490 g/mol. The maximum atomic E-state index is 13.0. The first-order chi connectivity index (χ1) is 16.8. The topological polar surface area (TPSA) is 148 Å². The molecule has 3 aromatic rings. The Balaban J connectivity index is 1.76. The van der Waals surface area contributed by atoms with Gasteiger partial charge in [-0.1, -0.05) is 41.9 Å². The largest absolute Gasteiger partial charge is 0.478 e. The van der Waals surface area contributed by atoms with Gasteiger partial charge in [-0.25, -0.2) is 4.79 Å². The molecule has 0 bridgehead atoms. The van der Waals surface area contributed by atoms with Gasteiger partial charge in [-0.05, 0) is 48.0 Å². The van der Waals surface area contributed by atoms with Gasteiger partial charge in [0.1, 0.15) is 12.1 Å².